The van der Waals surface area contributed by atoms with E-state index in [2.05, 4.69) is 10.2 Å². The van der Waals surface area contributed by atoms with Crippen molar-refractivity contribution in [1.29, 1.82) is 5.26 Å². The minimum Gasteiger partial charge on any atom is -0.443 e. The summed E-state index contributed by atoms with van der Waals surface area (Å²) in [6.07, 6.45) is 1.60. The van der Waals surface area contributed by atoms with Crippen molar-refractivity contribution in [2.24, 2.45) is 5.92 Å². The lowest BCUT2D eigenvalue weighted by Gasteiger charge is -2.15. The fraction of sp³-hybridized carbons (Fsp3) is 0.357. The van der Waals surface area contributed by atoms with Gasteiger partial charge in [-0.1, -0.05) is 12.1 Å². The molecule has 0 radical (unpaired) electrons. The molecular formula is C14H13N3O3. The predicted octanol–water partition coefficient (Wildman–Crippen LogP) is 1.65. The van der Waals surface area contributed by atoms with Crippen molar-refractivity contribution < 1.29 is 14.3 Å². The largest absolute Gasteiger partial charge is 0.443 e. The number of hydrogen-bond donors (Lipinski definition) is 1. The van der Waals surface area contributed by atoms with Gasteiger partial charge < -0.3 is 9.47 Å². The summed E-state index contributed by atoms with van der Waals surface area (Å²) in [7, 11) is 0. The predicted molar refractivity (Wildman–Crippen MR) is 69.8 cm³/mol. The Bertz CT molecular complexity index is 668. The summed E-state index contributed by atoms with van der Waals surface area (Å²) >= 11 is 0. The van der Waals surface area contributed by atoms with Crippen molar-refractivity contribution in [3.63, 3.8) is 0 Å². The summed E-state index contributed by atoms with van der Waals surface area (Å²) in [5.41, 5.74) is 1.01. The van der Waals surface area contributed by atoms with Crippen molar-refractivity contribution in [2.75, 3.05) is 13.2 Å². The maximum atomic E-state index is 12.2. The number of hydrogen-bond acceptors (Lipinski definition) is 5. The highest BCUT2D eigenvalue weighted by Gasteiger charge is 2.29. The van der Waals surface area contributed by atoms with Crippen LogP contribution < -0.4 is 0 Å². The molecule has 0 saturated carbocycles. The molecule has 0 spiro atoms. The molecule has 2 heterocycles. The van der Waals surface area contributed by atoms with Crippen LogP contribution in [0.25, 0.3) is 10.9 Å². The van der Waals surface area contributed by atoms with Gasteiger partial charge in [-0.15, -0.1) is 0 Å². The number of esters is 1. The number of aromatic amines is 1. The number of para-hydroxylation sites is 1. The Balaban J connectivity index is 1.82. The molecule has 1 aromatic carbocycles. The first-order valence-electron chi connectivity index (χ1n) is 6.40. The number of rotatable bonds is 3. The van der Waals surface area contributed by atoms with Crippen LogP contribution in [-0.4, -0.2) is 35.5 Å². The Morgan fingerprint density at radius 1 is 1.60 bits per heavy atom. The van der Waals surface area contributed by atoms with E-state index in [9.17, 15) is 4.79 Å². The molecule has 1 aliphatic rings. The second-order valence-electron chi connectivity index (χ2n) is 4.72. The number of carbonyl (C=O) groups is 1. The monoisotopic (exact) mass is 271 g/mol. The number of fused-ring (bicyclic) bond motifs is 1. The van der Waals surface area contributed by atoms with E-state index in [0.29, 0.717) is 24.3 Å². The molecule has 6 nitrogen and oxygen atoms in total. The Morgan fingerprint density at radius 3 is 3.25 bits per heavy atom. The van der Waals surface area contributed by atoms with Gasteiger partial charge in [-0.25, -0.2) is 4.79 Å². The van der Waals surface area contributed by atoms with Gasteiger partial charge in [0.2, 0.25) is 0 Å². The summed E-state index contributed by atoms with van der Waals surface area (Å²) < 4.78 is 10.5. The van der Waals surface area contributed by atoms with Gasteiger partial charge in [0, 0.05) is 17.9 Å². The molecule has 20 heavy (non-hydrogen) atoms. The van der Waals surface area contributed by atoms with E-state index in [0.717, 1.165) is 11.8 Å². The smallest absolute Gasteiger partial charge is 0.341 e. The van der Waals surface area contributed by atoms with Gasteiger partial charge >= 0.3 is 5.97 Å². The molecule has 102 valence electrons. The number of benzene rings is 1. The van der Waals surface area contributed by atoms with Crippen LogP contribution in [0.1, 0.15) is 16.8 Å². The first-order chi connectivity index (χ1) is 9.79. The Kier molecular flexibility index (Phi) is 3.35. The first-order valence-corrected chi connectivity index (χ1v) is 6.40. The van der Waals surface area contributed by atoms with Crippen LogP contribution in [0.15, 0.2) is 24.4 Å². The third-order valence-corrected chi connectivity index (χ3v) is 3.45. The van der Waals surface area contributed by atoms with E-state index in [1.807, 2.05) is 12.1 Å². The second-order valence-corrected chi connectivity index (χ2v) is 4.72. The van der Waals surface area contributed by atoms with Crippen LogP contribution in [0.2, 0.25) is 0 Å². The van der Waals surface area contributed by atoms with Crippen molar-refractivity contribution >= 4 is 16.9 Å². The second kappa shape index (κ2) is 5.31. The number of nitrogens with one attached hydrogen (secondary N) is 1. The molecule has 2 aromatic rings. The zero-order valence-electron chi connectivity index (χ0n) is 10.7. The van der Waals surface area contributed by atoms with Gasteiger partial charge in [-0.3, -0.25) is 5.10 Å². The highest BCUT2D eigenvalue weighted by atomic mass is 16.5. The number of aromatic nitrogens is 2. The lowest BCUT2D eigenvalue weighted by molar-refractivity contribution is 0.0279. The quantitative estimate of drug-likeness (QED) is 0.857. The first kappa shape index (κ1) is 12.6. The van der Waals surface area contributed by atoms with Crippen molar-refractivity contribution in [3.05, 3.63) is 30.0 Å². The molecule has 0 amide bonds. The maximum Gasteiger partial charge on any atom is 0.341 e. The molecule has 1 saturated heterocycles. The third-order valence-electron chi connectivity index (χ3n) is 3.45. The molecule has 1 aliphatic heterocycles. The van der Waals surface area contributed by atoms with Crippen molar-refractivity contribution in [3.8, 4) is 6.07 Å². The number of carbonyl (C=O) groups excluding carboxylic acids is 1. The lowest BCUT2D eigenvalue weighted by Crippen LogP contribution is -2.26. The number of nitrogens with zero attached hydrogens (tertiary/aromatic N) is 2. The van der Waals surface area contributed by atoms with Gasteiger partial charge in [-0.05, 0) is 12.5 Å². The average molecular weight is 271 g/mol. The van der Waals surface area contributed by atoms with E-state index < -0.39 is 12.1 Å². The van der Waals surface area contributed by atoms with E-state index in [-0.39, 0.29) is 5.92 Å². The standard InChI is InChI=1S/C14H13N3O3/c15-6-12(10-4-5-19-8-10)20-14(18)11-3-1-2-9-7-16-17-13(9)11/h1-3,7,10,12H,4-5,8H2,(H,16,17). The molecule has 3 rings (SSSR count). The highest BCUT2D eigenvalue weighted by molar-refractivity contribution is 6.02. The molecule has 1 fully saturated rings. The van der Waals surface area contributed by atoms with Crippen LogP contribution in [-0.2, 0) is 9.47 Å². The van der Waals surface area contributed by atoms with Crippen LogP contribution in [0, 0.1) is 17.2 Å². The normalized spacial score (nSPS) is 19.6. The van der Waals surface area contributed by atoms with Gasteiger partial charge in [-0.2, -0.15) is 10.4 Å². The fourth-order valence-electron chi connectivity index (χ4n) is 2.34. The van der Waals surface area contributed by atoms with E-state index >= 15 is 0 Å². The Labute approximate surface area is 115 Å². The minimum absolute atomic E-state index is 0.0510. The number of ether oxygens (including phenoxy) is 2. The maximum absolute atomic E-state index is 12.2. The Hall–Kier alpha value is -2.39. The summed E-state index contributed by atoms with van der Waals surface area (Å²) in [6.45, 7) is 1.07. The lowest BCUT2D eigenvalue weighted by atomic mass is 10.0. The molecule has 1 aromatic heterocycles. The Morgan fingerprint density at radius 2 is 2.50 bits per heavy atom. The molecule has 0 bridgehead atoms. The third kappa shape index (κ3) is 2.24. The summed E-state index contributed by atoms with van der Waals surface area (Å²) in [4.78, 5) is 12.2. The summed E-state index contributed by atoms with van der Waals surface area (Å²) in [6, 6.07) is 7.30. The molecular weight excluding hydrogens is 258 g/mol. The average Bonchev–Trinajstić information content (AvgIpc) is 3.14. The van der Waals surface area contributed by atoms with Crippen molar-refractivity contribution in [1.82, 2.24) is 10.2 Å². The summed E-state index contributed by atoms with van der Waals surface area (Å²) in [5.74, 6) is -0.566. The minimum atomic E-state index is -0.775. The highest BCUT2D eigenvalue weighted by Crippen LogP contribution is 2.22. The number of H-pyrrole nitrogens is 1. The molecule has 6 heteroatoms. The molecule has 1 N–H and O–H groups in total. The van der Waals surface area contributed by atoms with E-state index in [4.69, 9.17) is 14.7 Å². The topological polar surface area (TPSA) is 88.0 Å². The fourth-order valence-corrected chi connectivity index (χ4v) is 2.34. The van der Waals surface area contributed by atoms with Gasteiger partial charge in [0.25, 0.3) is 0 Å². The van der Waals surface area contributed by atoms with E-state index in [1.54, 1.807) is 18.3 Å². The zero-order valence-corrected chi connectivity index (χ0v) is 10.7. The molecule has 2 unspecified atom stereocenters. The SMILES string of the molecule is N#CC(OC(=O)c1cccc2cn[nH]c12)C1CCOC1. The zero-order chi connectivity index (χ0) is 13.9. The number of nitriles is 1. The van der Waals surface area contributed by atoms with Gasteiger partial charge in [0.05, 0.1) is 23.9 Å². The summed E-state index contributed by atoms with van der Waals surface area (Å²) in [5, 5.41) is 16.7. The van der Waals surface area contributed by atoms with Gasteiger partial charge in [0.1, 0.15) is 6.07 Å². The molecule has 0 aliphatic carbocycles. The van der Waals surface area contributed by atoms with Crippen LogP contribution in [0.3, 0.4) is 0 Å². The molecule has 2 atom stereocenters. The van der Waals surface area contributed by atoms with Crippen LogP contribution >= 0.6 is 0 Å². The van der Waals surface area contributed by atoms with Crippen molar-refractivity contribution in [2.45, 2.75) is 12.5 Å². The van der Waals surface area contributed by atoms with Gasteiger partial charge in [0.15, 0.2) is 6.10 Å². The van der Waals surface area contributed by atoms with E-state index in [1.165, 1.54) is 0 Å². The van der Waals surface area contributed by atoms with Crippen LogP contribution in [0.5, 0.6) is 0 Å². The van der Waals surface area contributed by atoms with Crippen LogP contribution in [0.4, 0.5) is 0 Å².